The fraction of sp³-hybridized carbons (Fsp3) is 0.562. The minimum absolute atomic E-state index is 0.0559. The lowest BCUT2D eigenvalue weighted by atomic mass is 9.99. The minimum Gasteiger partial charge on any atom is -0.487 e. The van der Waals surface area contributed by atoms with Crippen LogP contribution >= 0.6 is 0 Å². The maximum absolute atomic E-state index is 13.3. The summed E-state index contributed by atoms with van der Waals surface area (Å²) in [4.78, 5) is 14.3. The third-order valence-electron chi connectivity index (χ3n) is 4.44. The van der Waals surface area contributed by atoms with E-state index in [-0.39, 0.29) is 29.8 Å². The second-order valence-electron chi connectivity index (χ2n) is 6.10. The Bertz CT molecular complexity index is 549. The Kier molecular flexibility index (Phi) is 3.85. The van der Waals surface area contributed by atoms with E-state index in [1.807, 2.05) is 6.92 Å². The summed E-state index contributed by atoms with van der Waals surface area (Å²) in [6.45, 7) is 2.38. The molecule has 1 aliphatic heterocycles. The standard InChI is InChI=1S/C16H21FN2O2/c1-10-9-19(14-6-5-12(17)8-15(14)21-10)16(20)7-11-3-2-4-13(11)18/h5-6,8,10-11,13H,2-4,7,9,18H2,1H3/t10?,11-,13+/m0/s1. The topological polar surface area (TPSA) is 55.6 Å². The molecule has 1 unspecified atom stereocenters. The van der Waals surface area contributed by atoms with Crippen LogP contribution in [0.25, 0.3) is 0 Å². The minimum atomic E-state index is -0.354. The lowest BCUT2D eigenvalue weighted by Gasteiger charge is -2.34. The molecule has 2 N–H and O–H groups in total. The highest BCUT2D eigenvalue weighted by Crippen LogP contribution is 2.36. The van der Waals surface area contributed by atoms with Crippen molar-refractivity contribution in [1.82, 2.24) is 0 Å². The van der Waals surface area contributed by atoms with Gasteiger partial charge in [-0.3, -0.25) is 4.79 Å². The monoisotopic (exact) mass is 292 g/mol. The van der Waals surface area contributed by atoms with Gasteiger partial charge in [0.1, 0.15) is 17.7 Å². The van der Waals surface area contributed by atoms with Crippen LogP contribution < -0.4 is 15.4 Å². The van der Waals surface area contributed by atoms with Crippen LogP contribution in [-0.4, -0.2) is 24.6 Å². The summed E-state index contributed by atoms with van der Waals surface area (Å²) in [5, 5.41) is 0. The fourth-order valence-electron chi connectivity index (χ4n) is 3.30. The smallest absolute Gasteiger partial charge is 0.227 e. The van der Waals surface area contributed by atoms with Gasteiger partial charge < -0.3 is 15.4 Å². The van der Waals surface area contributed by atoms with E-state index in [0.29, 0.717) is 24.4 Å². The summed E-state index contributed by atoms with van der Waals surface area (Å²) >= 11 is 0. The summed E-state index contributed by atoms with van der Waals surface area (Å²) in [7, 11) is 0. The third kappa shape index (κ3) is 2.88. The van der Waals surface area contributed by atoms with Gasteiger partial charge in [-0.2, -0.15) is 0 Å². The van der Waals surface area contributed by atoms with Gasteiger partial charge in [-0.1, -0.05) is 6.42 Å². The van der Waals surface area contributed by atoms with Crippen LogP contribution in [0.15, 0.2) is 18.2 Å². The molecule has 0 bridgehead atoms. The molecule has 0 aromatic heterocycles. The fourth-order valence-corrected chi connectivity index (χ4v) is 3.30. The number of anilines is 1. The predicted molar refractivity (Wildman–Crippen MR) is 78.8 cm³/mol. The lowest BCUT2D eigenvalue weighted by molar-refractivity contribution is -0.120. The first-order valence-electron chi connectivity index (χ1n) is 7.56. The molecule has 5 heteroatoms. The van der Waals surface area contributed by atoms with E-state index >= 15 is 0 Å². The van der Waals surface area contributed by atoms with Gasteiger partial charge in [0.25, 0.3) is 0 Å². The van der Waals surface area contributed by atoms with E-state index < -0.39 is 0 Å². The van der Waals surface area contributed by atoms with Gasteiger partial charge in [0, 0.05) is 18.5 Å². The lowest BCUT2D eigenvalue weighted by Crippen LogP contribution is -2.43. The molecule has 1 heterocycles. The normalized spacial score (nSPS) is 28.1. The van der Waals surface area contributed by atoms with Crippen molar-refractivity contribution in [3.63, 3.8) is 0 Å². The zero-order chi connectivity index (χ0) is 15.0. The maximum Gasteiger partial charge on any atom is 0.227 e. The van der Waals surface area contributed by atoms with Gasteiger partial charge in [-0.15, -0.1) is 0 Å². The molecule has 21 heavy (non-hydrogen) atoms. The van der Waals surface area contributed by atoms with Gasteiger partial charge in [0.2, 0.25) is 5.91 Å². The van der Waals surface area contributed by atoms with E-state index in [9.17, 15) is 9.18 Å². The van der Waals surface area contributed by atoms with Crippen molar-refractivity contribution in [3.05, 3.63) is 24.0 Å². The molecule has 114 valence electrons. The molecular formula is C16H21FN2O2. The van der Waals surface area contributed by atoms with Crippen LogP contribution in [0.4, 0.5) is 10.1 Å². The van der Waals surface area contributed by atoms with E-state index in [1.54, 1.807) is 11.0 Å². The zero-order valence-corrected chi connectivity index (χ0v) is 12.2. The molecule has 1 fully saturated rings. The Hall–Kier alpha value is -1.62. The summed E-state index contributed by atoms with van der Waals surface area (Å²) < 4.78 is 19.0. The van der Waals surface area contributed by atoms with E-state index in [1.165, 1.54) is 12.1 Å². The number of amides is 1. The molecule has 1 amide bonds. The van der Waals surface area contributed by atoms with Crippen LogP contribution in [0.3, 0.4) is 0 Å². The molecule has 0 spiro atoms. The van der Waals surface area contributed by atoms with E-state index in [2.05, 4.69) is 0 Å². The molecular weight excluding hydrogens is 271 g/mol. The van der Waals surface area contributed by atoms with Gasteiger partial charge in [0.05, 0.1) is 12.2 Å². The van der Waals surface area contributed by atoms with Gasteiger partial charge in [-0.05, 0) is 37.8 Å². The first-order chi connectivity index (χ1) is 10.0. The number of hydrogen-bond donors (Lipinski definition) is 1. The molecule has 3 atom stereocenters. The summed E-state index contributed by atoms with van der Waals surface area (Å²) in [6.07, 6.45) is 3.44. The number of nitrogens with two attached hydrogens (primary N) is 1. The number of ether oxygens (including phenoxy) is 1. The Morgan fingerprint density at radius 2 is 2.29 bits per heavy atom. The predicted octanol–water partition coefficient (Wildman–Crippen LogP) is 2.46. The summed E-state index contributed by atoms with van der Waals surface area (Å²) in [5.74, 6) is 0.408. The number of carbonyl (C=O) groups excluding carboxylic acids is 1. The van der Waals surface area contributed by atoms with Crippen LogP contribution in [-0.2, 0) is 4.79 Å². The van der Waals surface area contributed by atoms with Gasteiger partial charge >= 0.3 is 0 Å². The number of benzene rings is 1. The molecule has 1 aliphatic carbocycles. The van der Waals surface area contributed by atoms with Crippen molar-refractivity contribution < 1.29 is 13.9 Å². The highest BCUT2D eigenvalue weighted by molar-refractivity contribution is 5.95. The van der Waals surface area contributed by atoms with Gasteiger partial charge in [-0.25, -0.2) is 4.39 Å². The molecule has 2 aliphatic rings. The van der Waals surface area contributed by atoms with Crippen molar-refractivity contribution in [1.29, 1.82) is 0 Å². The molecule has 1 aromatic rings. The van der Waals surface area contributed by atoms with Crippen molar-refractivity contribution in [2.24, 2.45) is 11.7 Å². The molecule has 0 saturated heterocycles. The second kappa shape index (κ2) is 5.64. The summed E-state index contributed by atoms with van der Waals surface area (Å²) in [5.41, 5.74) is 6.71. The Morgan fingerprint density at radius 1 is 1.48 bits per heavy atom. The van der Waals surface area contributed by atoms with Crippen LogP contribution in [0, 0.1) is 11.7 Å². The average molecular weight is 292 g/mol. The highest BCUT2D eigenvalue weighted by Gasteiger charge is 2.32. The van der Waals surface area contributed by atoms with E-state index in [0.717, 1.165) is 19.3 Å². The molecule has 0 radical (unpaired) electrons. The number of rotatable bonds is 2. The summed E-state index contributed by atoms with van der Waals surface area (Å²) in [6, 6.07) is 4.44. The quantitative estimate of drug-likeness (QED) is 0.911. The zero-order valence-electron chi connectivity index (χ0n) is 12.2. The van der Waals surface area contributed by atoms with Gasteiger partial charge in [0.15, 0.2) is 0 Å². The highest BCUT2D eigenvalue weighted by atomic mass is 19.1. The second-order valence-corrected chi connectivity index (χ2v) is 6.10. The Morgan fingerprint density at radius 3 is 3.00 bits per heavy atom. The number of hydrogen-bond acceptors (Lipinski definition) is 3. The first-order valence-corrected chi connectivity index (χ1v) is 7.56. The number of nitrogens with zero attached hydrogens (tertiary/aromatic N) is 1. The SMILES string of the molecule is CC1CN(C(=O)C[C@@H]2CCC[C@H]2N)c2ccc(F)cc2O1. The van der Waals surface area contributed by atoms with Crippen molar-refractivity contribution in [3.8, 4) is 5.75 Å². The van der Waals surface area contributed by atoms with E-state index in [4.69, 9.17) is 10.5 Å². The van der Waals surface area contributed by atoms with Crippen molar-refractivity contribution in [2.75, 3.05) is 11.4 Å². The van der Waals surface area contributed by atoms with Crippen LogP contribution in [0.2, 0.25) is 0 Å². The van der Waals surface area contributed by atoms with Crippen molar-refractivity contribution >= 4 is 11.6 Å². The van der Waals surface area contributed by atoms with Crippen LogP contribution in [0.1, 0.15) is 32.6 Å². The number of halogens is 1. The first kappa shape index (κ1) is 14.3. The molecule has 4 nitrogen and oxygen atoms in total. The molecule has 1 aromatic carbocycles. The molecule has 1 saturated carbocycles. The third-order valence-corrected chi connectivity index (χ3v) is 4.44. The average Bonchev–Trinajstić information content (AvgIpc) is 2.82. The Balaban J connectivity index is 1.80. The molecule has 3 rings (SSSR count). The van der Waals surface area contributed by atoms with Crippen LogP contribution in [0.5, 0.6) is 5.75 Å². The number of carbonyl (C=O) groups is 1. The number of fused-ring (bicyclic) bond motifs is 1. The van der Waals surface area contributed by atoms with Crippen molar-refractivity contribution in [2.45, 2.75) is 44.8 Å². The largest absolute Gasteiger partial charge is 0.487 e. The maximum atomic E-state index is 13.3. The Labute approximate surface area is 124 Å².